The van der Waals surface area contributed by atoms with Gasteiger partial charge in [0.05, 0.1) is 0 Å². The Balaban J connectivity index is 2.05. The molecule has 2 aromatic carbocycles. The summed E-state index contributed by atoms with van der Waals surface area (Å²) in [5.74, 6) is 1.01. The van der Waals surface area contributed by atoms with Crippen molar-refractivity contribution >= 4 is 11.8 Å². The van der Waals surface area contributed by atoms with Crippen molar-refractivity contribution in [3.63, 3.8) is 0 Å². The van der Waals surface area contributed by atoms with Gasteiger partial charge in [0.25, 0.3) is 0 Å². The molecular formula is C15H17NS. The van der Waals surface area contributed by atoms with E-state index < -0.39 is 0 Å². The number of rotatable bonds is 4. The van der Waals surface area contributed by atoms with Crippen LogP contribution in [0, 0.1) is 6.92 Å². The summed E-state index contributed by atoms with van der Waals surface area (Å²) in [4.78, 5) is 1.29. The van der Waals surface area contributed by atoms with Crippen LogP contribution in [-0.2, 0) is 12.3 Å². The summed E-state index contributed by atoms with van der Waals surface area (Å²) in [5.41, 5.74) is 9.59. The SMILES string of the molecule is Cc1ccccc1CSc1cccc(CN)c1. The number of hydrogen-bond acceptors (Lipinski definition) is 2. The maximum Gasteiger partial charge on any atom is 0.0234 e. The standard InChI is InChI=1S/C15H17NS/c1-12-5-2-3-7-14(12)11-17-15-8-4-6-13(9-15)10-16/h2-9H,10-11,16H2,1H3. The predicted octanol–water partition coefficient (Wildman–Crippen LogP) is 3.75. The van der Waals surface area contributed by atoms with E-state index in [0.29, 0.717) is 6.54 Å². The van der Waals surface area contributed by atoms with Crippen molar-refractivity contribution in [3.05, 3.63) is 65.2 Å². The van der Waals surface area contributed by atoms with Crippen molar-refractivity contribution in [3.8, 4) is 0 Å². The lowest BCUT2D eigenvalue weighted by Gasteiger charge is -2.06. The van der Waals surface area contributed by atoms with E-state index in [-0.39, 0.29) is 0 Å². The fourth-order valence-electron chi connectivity index (χ4n) is 1.70. The van der Waals surface area contributed by atoms with Crippen LogP contribution in [0.25, 0.3) is 0 Å². The Morgan fingerprint density at radius 2 is 1.88 bits per heavy atom. The van der Waals surface area contributed by atoms with Crippen LogP contribution < -0.4 is 5.73 Å². The third-order valence-electron chi connectivity index (χ3n) is 2.79. The second-order valence-corrected chi connectivity index (χ2v) is 5.12. The summed E-state index contributed by atoms with van der Waals surface area (Å²) >= 11 is 1.86. The Hall–Kier alpha value is -1.25. The minimum atomic E-state index is 0.610. The number of benzene rings is 2. The molecule has 0 atom stereocenters. The molecule has 2 N–H and O–H groups in total. The number of nitrogens with two attached hydrogens (primary N) is 1. The molecule has 0 heterocycles. The number of aryl methyl sites for hydroxylation is 1. The smallest absolute Gasteiger partial charge is 0.0234 e. The van der Waals surface area contributed by atoms with Gasteiger partial charge in [0, 0.05) is 17.2 Å². The Bertz CT molecular complexity index is 494. The van der Waals surface area contributed by atoms with E-state index in [0.717, 1.165) is 5.75 Å². The quantitative estimate of drug-likeness (QED) is 0.828. The van der Waals surface area contributed by atoms with Crippen molar-refractivity contribution in [2.75, 3.05) is 0 Å². The van der Waals surface area contributed by atoms with Crippen molar-refractivity contribution in [1.82, 2.24) is 0 Å². The van der Waals surface area contributed by atoms with Gasteiger partial charge in [-0.15, -0.1) is 11.8 Å². The molecule has 0 bridgehead atoms. The zero-order valence-electron chi connectivity index (χ0n) is 10.0. The highest BCUT2D eigenvalue weighted by molar-refractivity contribution is 7.98. The van der Waals surface area contributed by atoms with E-state index in [1.807, 2.05) is 11.8 Å². The summed E-state index contributed by atoms with van der Waals surface area (Å²) in [5, 5.41) is 0. The van der Waals surface area contributed by atoms with Gasteiger partial charge in [0.2, 0.25) is 0 Å². The van der Waals surface area contributed by atoms with Gasteiger partial charge in [-0.1, -0.05) is 36.4 Å². The Kier molecular flexibility index (Phi) is 4.24. The van der Waals surface area contributed by atoms with Gasteiger partial charge in [0.15, 0.2) is 0 Å². The first kappa shape index (κ1) is 12.2. The van der Waals surface area contributed by atoms with E-state index in [2.05, 4.69) is 55.5 Å². The van der Waals surface area contributed by atoms with Gasteiger partial charge in [-0.2, -0.15) is 0 Å². The highest BCUT2D eigenvalue weighted by Gasteiger charge is 1.99. The molecule has 0 amide bonds. The maximum absolute atomic E-state index is 5.64. The molecule has 2 rings (SSSR count). The summed E-state index contributed by atoms with van der Waals surface area (Å²) in [7, 11) is 0. The molecule has 0 aromatic heterocycles. The molecule has 0 fully saturated rings. The third kappa shape index (κ3) is 3.35. The second-order valence-electron chi connectivity index (χ2n) is 4.07. The number of hydrogen-bond donors (Lipinski definition) is 1. The van der Waals surface area contributed by atoms with E-state index in [1.54, 1.807) is 0 Å². The molecule has 0 aliphatic heterocycles. The first-order chi connectivity index (χ1) is 8.29. The minimum Gasteiger partial charge on any atom is -0.326 e. The molecule has 0 aliphatic carbocycles. The van der Waals surface area contributed by atoms with Crippen molar-refractivity contribution in [2.24, 2.45) is 5.73 Å². The Labute approximate surface area is 107 Å². The number of thioether (sulfide) groups is 1. The molecule has 0 saturated carbocycles. The average molecular weight is 243 g/mol. The van der Waals surface area contributed by atoms with Crippen LogP contribution in [-0.4, -0.2) is 0 Å². The predicted molar refractivity (Wildman–Crippen MR) is 75.1 cm³/mol. The van der Waals surface area contributed by atoms with Gasteiger partial charge >= 0.3 is 0 Å². The summed E-state index contributed by atoms with van der Waals surface area (Å²) in [6, 6.07) is 17.0. The molecule has 17 heavy (non-hydrogen) atoms. The molecule has 0 unspecified atom stereocenters. The minimum absolute atomic E-state index is 0.610. The fraction of sp³-hybridized carbons (Fsp3) is 0.200. The molecular weight excluding hydrogens is 226 g/mol. The Morgan fingerprint density at radius 1 is 1.06 bits per heavy atom. The van der Waals surface area contributed by atoms with Gasteiger partial charge in [0.1, 0.15) is 0 Å². The monoisotopic (exact) mass is 243 g/mol. The summed E-state index contributed by atoms with van der Waals surface area (Å²) in [6.07, 6.45) is 0. The zero-order valence-corrected chi connectivity index (χ0v) is 10.8. The van der Waals surface area contributed by atoms with Crippen LogP contribution in [0.3, 0.4) is 0 Å². The molecule has 0 aliphatic rings. The van der Waals surface area contributed by atoms with Crippen LogP contribution >= 0.6 is 11.8 Å². The van der Waals surface area contributed by atoms with Gasteiger partial charge in [-0.25, -0.2) is 0 Å². The van der Waals surface area contributed by atoms with Crippen LogP contribution in [0.15, 0.2) is 53.4 Å². The highest BCUT2D eigenvalue weighted by atomic mass is 32.2. The van der Waals surface area contributed by atoms with Crippen LogP contribution in [0.5, 0.6) is 0 Å². The molecule has 0 radical (unpaired) electrons. The van der Waals surface area contributed by atoms with Crippen LogP contribution in [0.1, 0.15) is 16.7 Å². The molecule has 1 nitrogen and oxygen atoms in total. The van der Waals surface area contributed by atoms with E-state index in [4.69, 9.17) is 5.73 Å². The van der Waals surface area contributed by atoms with E-state index in [9.17, 15) is 0 Å². The molecule has 2 aromatic rings. The largest absolute Gasteiger partial charge is 0.326 e. The van der Waals surface area contributed by atoms with Crippen molar-refractivity contribution in [1.29, 1.82) is 0 Å². The maximum atomic E-state index is 5.64. The van der Waals surface area contributed by atoms with Crippen LogP contribution in [0.2, 0.25) is 0 Å². The molecule has 0 spiro atoms. The van der Waals surface area contributed by atoms with Crippen LogP contribution in [0.4, 0.5) is 0 Å². The summed E-state index contributed by atoms with van der Waals surface area (Å²) in [6.45, 7) is 2.77. The Morgan fingerprint density at radius 3 is 2.65 bits per heavy atom. The first-order valence-corrected chi connectivity index (χ1v) is 6.74. The topological polar surface area (TPSA) is 26.0 Å². The van der Waals surface area contributed by atoms with Crippen molar-refractivity contribution < 1.29 is 0 Å². The van der Waals surface area contributed by atoms with E-state index in [1.165, 1.54) is 21.6 Å². The summed E-state index contributed by atoms with van der Waals surface area (Å²) < 4.78 is 0. The first-order valence-electron chi connectivity index (χ1n) is 5.76. The molecule has 88 valence electrons. The van der Waals surface area contributed by atoms with Gasteiger partial charge in [-0.3, -0.25) is 0 Å². The molecule has 2 heteroatoms. The van der Waals surface area contributed by atoms with Gasteiger partial charge < -0.3 is 5.73 Å². The lowest BCUT2D eigenvalue weighted by molar-refractivity contribution is 1.06. The third-order valence-corrected chi connectivity index (χ3v) is 3.83. The van der Waals surface area contributed by atoms with Gasteiger partial charge in [-0.05, 0) is 35.7 Å². The second kappa shape index (κ2) is 5.89. The highest BCUT2D eigenvalue weighted by Crippen LogP contribution is 2.24. The normalized spacial score (nSPS) is 10.5. The fourth-order valence-corrected chi connectivity index (χ4v) is 2.75. The zero-order chi connectivity index (χ0) is 12.1. The lowest BCUT2D eigenvalue weighted by atomic mass is 10.1. The lowest BCUT2D eigenvalue weighted by Crippen LogP contribution is -1.95. The van der Waals surface area contributed by atoms with Crippen molar-refractivity contribution in [2.45, 2.75) is 24.1 Å². The average Bonchev–Trinajstić information content (AvgIpc) is 2.38. The van der Waals surface area contributed by atoms with E-state index >= 15 is 0 Å². The molecule has 0 saturated heterocycles.